The summed E-state index contributed by atoms with van der Waals surface area (Å²) < 4.78 is 0. The maximum atomic E-state index is 4.48. The third-order valence-electron chi connectivity index (χ3n) is 3.05. The molecule has 1 unspecified atom stereocenters. The molecule has 0 bridgehead atoms. The molecule has 0 amide bonds. The Morgan fingerprint density at radius 1 is 1.22 bits per heavy atom. The van der Waals surface area contributed by atoms with Gasteiger partial charge in [-0.2, -0.15) is 0 Å². The van der Waals surface area contributed by atoms with Gasteiger partial charge in [0, 0.05) is 23.7 Å². The van der Waals surface area contributed by atoms with E-state index in [1.165, 1.54) is 11.1 Å². The topological polar surface area (TPSA) is 24.9 Å². The Labute approximate surface area is 113 Å². The van der Waals surface area contributed by atoms with Gasteiger partial charge in [-0.1, -0.05) is 36.8 Å². The van der Waals surface area contributed by atoms with Gasteiger partial charge in [0.25, 0.3) is 0 Å². The quantitative estimate of drug-likeness (QED) is 0.879. The van der Waals surface area contributed by atoms with E-state index >= 15 is 0 Å². The lowest BCUT2D eigenvalue weighted by Gasteiger charge is -2.16. The molecule has 0 spiro atoms. The second-order valence-corrected chi connectivity index (χ2v) is 5.58. The number of aromatic nitrogens is 1. The SMILES string of the molecule is CCC(NCc1nc(C)cs1)c1ccc(C)cc1. The molecular formula is C15H20N2S. The normalized spacial score (nSPS) is 12.6. The molecule has 2 aromatic rings. The molecule has 18 heavy (non-hydrogen) atoms. The molecule has 1 aromatic heterocycles. The second kappa shape index (κ2) is 6.12. The Bertz CT molecular complexity index is 487. The van der Waals surface area contributed by atoms with Crippen molar-refractivity contribution in [2.45, 2.75) is 39.8 Å². The van der Waals surface area contributed by atoms with Crippen LogP contribution >= 0.6 is 11.3 Å². The van der Waals surface area contributed by atoms with Crippen LogP contribution in [0.5, 0.6) is 0 Å². The highest BCUT2D eigenvalue weighted by Gasteiger charge is 2.09. The van der Waals surface area contributed by atoms with Crippen molar-refractivity contribution in [3.8, 4) is 0 Å². The highest BCUT2D eigenvalue weighted by atomic mass is 32.1. The van der Waals surface area contributed by atoms with Crippen molar-refractivity contribution in [3.63, 3.8) is 0 Å². The Kier molecular flexibility index (Phi) is 4.50. The molecule has 1 heterocycles. The molecule has 0 aliphatic rings. The van der Waals surface area contributed by atoms with Gasteiger partial charge in [-0.05, 0) is 25.8 Å². The Morgan fingerprint density at radius 3 is 2.50 bits per heavy atom. The standard InChI is InChI=1S/C15H20N2S/c1-4-14(13-7-5-11(2)6-8-13)16-9-15-17-12(3)10-18-15/h5-8,10,14,16H,4,9H2,1-3H3. The average Bonchev–Trinajstić information content (AvgIpc) is 2.78. The van der Waals surface area contributed by atoms with E-state index in [-0.39, 0.29) is 0 Å². The minimum atomic E-state index is 0.412. The molecule has 0 saturated heterocycles. The van der Waals surface area contributed by atoms with Gasteiger partial charge >= 0.3 is 0 Å². The lowest BCUT2D eigenvalue weighted by molar-refractivity contribution is 0.518. The van der Waals surface area contributed by atoms with Gasteiger partial charge in [-0.3, -0.25) is 0 Å². The molecular weight excluding hydrogens is 240 g/mol. The largest absolute Gasteiger partial charge is 0.304 e. The van der Waals surface area contributed by atoms with E-state index in [0.717, 1.165) is 23.7 Å². The van der Waals surface area contributed by atoms with E-state index in [2.05, 4.69) is 53.8 Å². The molecule has 1 aromatic carbocycles. The van der Waals surface area contributed by atoms with Crippen LogP contribution in [-0.4, -0.2) is 4.98 Å². The van der Waals surface area contributed by atoms with Crippen molar-refractivity contribution >= 4 is 11.3 Å². The van der Waals surface area contributed by atoms with E-state index in [4.69, 9.17) is 0 Å². The molecule has 2 rings (SSSR count). The van der Waals surface area contributed by atoms with E-state index in [1.807, 2.05) is 6.92 Å². The lowest BCUT2D eigenvalue weighted by Crippen LogP contribution is -2.20. The molecule has 0 saturated carbocycles. The van der Waals surface area contributed by atoms with Crippen LogP contribution in [0, 0.1) is 13.8 Å². The summed E-state index contributed by atoms with van der Waals surface area (Å²) in [6.45, 7) is 7.23. The monoisotopic (exact) mass is 260 g/mol. The van der Waals surface area contributed by atoms with Crippen LogP contribution in [0.1, 0.15) is 41.2 Å². The van der Waals surface area contributed by atoms with Gasteiger partial charge in [0.2, 0.25) is 0 Å². The Morgan fingerprint density at radius 2 is 1.94 bits per heavy atom. The summed E-state index contributed by atoms with van der Waals surface area (Å²) in [6.07, 6.45) is 1.09. The number of benzene rings is 1. The third kappa shape index (κ3) is 3.40. The fourth-order valence-corrected chi connectivity index (χ4v) is 2.71. The molecule has 0 fully saturated rings. The van der Waals surface area contributed by atoms with Crippen LogP contribution in [0.2, 0.25) is 0 Å². The Balaban J connectivity index is 1.99. The minimum absolute atomic E-state index is 0.412. The summed E-state index contributed by atoms with van der Waals surface area (Å²) in [5.41, 5.74) is 3.78. The van der Waals surface area contributed by atoms with Gasteiger partial charge in [-0.25, -0.2) is 4.98 Å². The summed E-state index contributed by atoms with van der Waals surface area (Å²) in [6, 6.07) is 9.18. The number of thiazole rings is 1. The zero-order valence-electron chi connectivity index (χ0n) is 11.2. The molecule has 0 aliphatic carbocycles. The van der Waals surface area contributed by atoms with E-state index < -0.39 is 0 Å². The van der Waals surface area contributed by atoms with Crippen molar-refractivity contribution in [1.82, 2.24) is 10.3 Å². The van der Waals surface area contributed by atoms with Crippen molar-refractivity contribution in [1.29, 1.82) is 0 Å². The fourth-order valence-electron chi connectivity index (χ4n) is 1.99. The van der Waals surface area contributed by atoms with E-state index in [1.54, 1.807) is 11.3 Å². The van der Waals surface area contributed by atoms with Crippen LogP contribution in [0.3, 0.4) is 0 Å². The number of hydrogen-bond donors (Lipinski definition) is 1. The summed E-state index contributed by atoms with van der Waals surface area (Å²) in [5, 5.41) is 6.85. The van der Waals surface area contributed by atoms with Gasteiger partial charge in [0.05, 0.1) is 0 Å². The van der Waals surface area contributed by atoms with Crippen molar-refractivity contribution in [3.05, 3.63) is 51.5 Å². The Hall–Kier alpha value is -1.19. The maximum Gasteiger partial charge on any atom is 0.107 e. The number of rotatable bonds is 5. The number of hydrogen-bond acceptors (Lipinski definition) is 3. The molecule has 1 N–H and O–H groups in total. The first-order valence-electron chi connectivity index (χ1n) is 6.40. The smallest absolute Gasteiger partial charge is 0.107 e. The second-order valence-electron chi connectivity index (χ2n) is 4.64. The van der Waals surface area contributed by atoms with E-state index in [0.29, 0.717) is 6.04 Å². The molecule has 96 valence electrons. The summed E-state index contributed by atoms with van der Waals surface area (Å²) in [5.74, 6) is 0. The summed E-state index contributed by atoms with van der Waals surface area (Å²) in [7, 11) is 0. The van der Waals surface area contributed by atoms with E-state index in [9.17, 15) is 0 Å². The molecule has 0 radical (unpaired) electrons. The highest BCUT2D eigenvalue weighted by molar-refractivity contribution is 7.09. The van der Waals surface area contributed by atoms with Crippen LogP contribution in [0.25, 0.3) is 0 Å². The summed E-state index contributed by atoms with van der Waals surface area (Å²) >= 11 is 1.73. The lowest BCUT2D eigenvalue weighted by atomic mass is 10.0. The molecule has 2 nitrogen and oxygen atoms in total. The third-order valence-corrected chi connectivity index (χ3v) is 4.02. The van der Waals surface area contributed by atoms with Crippen molar-refractivity contribution < 1.29 is 0 Å². The van der Waals surface area contributed by atoms with Gasteiger partial charge in [0.15, 0.2) is 0 Å². The first-order chi connectivity index (χ1) is 8.69. The predicted molar refractivity (Wildman–Crippen MR) is 77.9 cm³/mol. The maximum absolute atomic E-state index is 4.48. The van der Waals surface area contributed by atoms with Crippen LogP contribution in [0.4, 0.5) is 0 Å². The number of aryl methyl sites for hydroxylation is 2. The zero-order valence-corrected chi connectivity index (χ0v) is 12.1. The average molecular weight is 260 g/mol. The molecule has 1 atom stereocenters. The molecule has 3 heteroatoms. The minimum Gasteiger partial charge on any atom is -0.304 e. The van der Waals surface area contributed by atoms with Crippen molar-refractivity contribution in [2.75, 3.05) is 0 Å². The first-order valence-corrected chi connectivity index (χ1v) is 7.28. The predicted octanol–water partition coefficient (Wildman–Crippen LogP) is 4.00. The summed E-state index contributed by atoms with van der Waals surface area (Å²) in [4.78, 5) is 4.48. The van der Waals surface area contributed by atoms with Crippen LogP contribution < -0.4 is 5.32 Å². The van der Waals surface area contributed by atoms with Gasteiger partial charge in [-0.15, -0.1) is 11.3 Å². The first kappa shape index (κ1) is 13.2. The highest BCUT2D eigenvalue weighted by Crippen LogP contribution is 2.18. The van der Waals surface area contributed by atoms with Crippen molar-refractivity contribution in [2.24, 2.45) is 0 Å². The number of nitrogens with one attached hydrogen (secondary N) is 1. The van der Waals surface area contributed by atoms with Gasteiger partial charge in [0.1, 0.15) is 5.01 Å². The van der Waals surface area contributed by atoms with Gasteiger partial charge < -0.3 is 5.32 Å². The van der Waals surface area contributed by atoms with Crippen LogP contribution in [-0.2, 0) is 6.54 Å². The number of nitrogens with zero attached hydrogens (tertiary/aromatic N) is 1. The van der Waals surface area contributed by atoms with Crippen LogP contribution in [0.15, 0.2) is 29.6 Å². The zero-order chi connectivity index (χ0) is 13.0. The molecule has 0 aliphatic heterocycles. The fraction of sp³-hybridized carbons (Fsp3) is 0.400.